The lowest BCUT2D eigenvalue weighted by Crippen LogP contribution is -2.47. The summed E-state index contributed by atoms with van der Waals surface area (Å²) in [5, 5.41) is 3.35. The van der Waals surface area contributed by atoms with Crippen molar-refractivity contribution in [2.75, 3.05) is 13.1 Å². The standard InChI is InChI=1S/C17H25N3O2/c1-12-10-15(8-9-19-12)17(22)20(11-16(18)21)13(2)14-6-4-3-5-7-14/h3-7,12-13,15,19H,8-11H2,1-2H3,(H2,18,21)/t12-,13+,15-/m0/s1. The Bertz CT molecular complexity index is 518. The fourth-order valence-corrected chi connectivity index (χ4v) is 3.08. The summed E-state index contributed by atoms with van der Waals surface area (Å²) in [4.78, 5) is 25.9. The minimum Gasteiger partial charge on any atom is -0.368 e. The second kappa shape index (κ2) is 7.40. The largest absolute Gasteiger partial charge is 0.368 e. The van der Waals surface area contributed by atoms with Gasteiger partial charge in [0.15, 0.2) is 0 Å². The van der Waals surface area contributed by atoms with Crippen molar-refractivity contribution < 1.29 is 9.59 Å². The topological polar surface area (TPSA) is 75.4 Å². The zero-order valence-electron chi connectivity index (χ0n) is 13.3. The van der Waals surface area contributed by atoms with Crippen molar-refractivity contribution in [3.8, 4) is 0 Å². The van der Waals surface area contributed by atoms with Crippen molar-refractivity contribution in [2.45, 2.75) is 38.8 Å². The fraction of sp³-hybridized carbons (Fsp3) is 0.529. The normalized spacial score (nSPS) is 22.8. The van der Waals surface area contributed by atoms with Crippen LogP contribution in [0.15, 0.2) is 30.3 Å². The van der Waals surface area contributed by atoms with Gasteiger partial charge in [0.2, 0.25) is 11.8 Å². The maximum absolute atomic E-state index is 12.9. The van der Waals surface area contributed by atoms with Gasteiger partial charge in [0.25, 0.3) is 0 Å². The molecule has 1 fully saturated rings. The molecular formula is C17H25N3O2. The summed E-state index contributed by atoms with van der Waals surface area (Å²) < 4.78 is 0. The molecule has 22 heavy (non-hydrogen) atoms. The van der Waals surface area contributed by atoms with Gasteiger partial charge in [-0.3, -0.25) is 9.59 Å². The van der Waals surface area contributed by atoms with Crippen LogP contribution in [0.5, 0.6) is 0 Å². The van der Waals surface area contributed by atoms with Gasteiger partial charge in [-0.2, -0.15) is 0 Å². The van der Waals surface area contributed by atoms with Crippen LogP contribution in [0.3, 0.4) is 0 Å². The molecule has 0 spiro atoms. The van der Waals surface area contributed by atoms with Crippen LogP contribution in [0.1, 0.15) is 38.3 Å². The number of nitrogens with two attached hydrogens (primary N) is 1. The molecule has 1 aromatic rings. The third kappa shape index (κ3) is 4.07. The van der Waals surface area contributed by atoms with E-state index in [1.807, 2.05) is 37.3 Å². The lowest BCUT2D eigenvalue weighted by Gasteiger charge is -2.35. The number of benzene rings is 1. The first-order valence-corrected chi connectivity index (χ1v) is 7.86. The molecule has 5 heteroatoms. The van der Waals surface area contributed by atoms with Crippen LogP contribution in [-0.4, -0.2) is 35.8 Å². The van der Waals surface area contributed by atoms with E-state index in [1.165, 1.54) is 0 Å². The van der Waals surface area contributed by atoms with Crippen LogP contribution in [0.25, 0.3) is 0 Å². The van der Waals surface area contributed by atoms with E-state index in [9.17, 15) is 9.59 Å². The smallest absolute Gasteiger partial charge is 0.237 e. The molecule has 3 N–H and O–H groups in total. The van der Waals surface area contributed by atoms with Gasteiger partial charge in [0.05, 0.1) is 12.6 Å². The Kier molecular flexibility index (Phi) is 5.55. The number of hydrogen-bond donors (Lipinski definition) is 2. The van der Waals surface area contributed by atoms with Crippen LogP contribution in [0, 0.1) is 5.92 Å². The average molecular weight is 303 g/mol. The molecular weight excluding hydrogens is 278 g/mol. The molecule has 1 heterocycles. The highest BCUT2D eigenvalue weighted by Gasteiger charge is 2.31. The number of carbonyl (C=O) groups excluding carboxylic acids is 2. The summed E-state index contributed by atoms with van der Waals surface area (Å²) >= 11 is 0. The quantitative estimate of drug-likeness (QED) is 0.864. The SMILES string of the molecule is C[C@H](c1ccccc1)N(CC(N)=O)C(=O)[C@H]1CCN[C@@H](C)C1. The van der Waals surface area contributed by atoms with Crippen molar-refractivity contribution in [1.82, 2.24) is 10.2 Å². The van der Waals surface area contributed by atoms with Gasteiger partial charge in [-0.1, -0.05) is 30.3 Å². The molecule has 0 radical (unpaired) electrons. The number of amides is 2. The maximum Gasteiger partial charge on any atom is 0.237 e. The first-order valence-electron chi connectivity index (χ1n) is 7.86. The molecule has 1 saturated heterocycles. The number of hydrogen-bond acceptors (Lipinski definition) is 3. The van der Waals surface area contributed by atoms with E-state index in [-0.39, 0.29) is 24.4 Å². The minimum absolute atomic E-state index is 0.0310. The predicted molar refractivity (Wildman–Crippen MR) is 86.0 cm³/mol. The third-order valence-corrected chi connectivity index (χ3v) is 4.33. The molecule has 1 aliphatic heterocycles. The first-order chi connectivity index (χ1) is 10.5. The second-order valence-electron chi connectivity index (χ2n) is 6.10. The van der Waals surface area contributed by atoms with E-state index < -0.39 is 5.91 Å². The lowest BCUT2D eigenvalue weighted by atomic mass is 9.91. The van der Waals surface area contributed by atoms with E-state index in [1.54, 1.807) is 4.90 Å². The van der Waals surface area contributed by atoms with Crippen LogP contribution in [0.2, 0.25) is 0 Å². The number of carbonyl (C=O) groups is 2. The third-order valence-electron chi connectivity index (χ3n) is 4.33. The number of primary amides is 1. The molecule has 2 amide bonds. The van der Waals surface area contributed by atoms with E-state index in [0.29, 0.717) is 6.04 Å². The number of rotatable bonds is 5. The molecule has 3 atom stereocenters. The van der Waals surface area contributed by atoms with Gasteiger partial charge in [0.1, 0.15) is 0 Å². The van der Waals surface area contributed by atoms with Crippen molar-refractivity contribution in [3.05, 3.63) is 35.9 Å². The predicted octanol–water partition coefficient (Wildman–Crippen LogP) is 1.45. The Morgan fingerprint density at radius 1 is 1.36 bits per heavy atom. The van der Waals surface area contributed by atoms with E-state index >= 15 is 0 Å². The van der Waals surface area contributed by atoms with Crippen molar-refractivity contribution in [2.24, 2.45) is 11.7 Å². The molecule has 5 nitrogen and oxygen atoms in total. The molecule has 2 rings (SSSR count). The van der Waals surface area contributed by atoms with Crippen molar-refractivity contribution in [3.63, 3.8) is 0 Å². The Labute approximate surface area is 131 Å². The molecule has 0 saturated carbocycles. The highest BCUT2D eigenvalue weighted by molar-refractivity contribution is 5.85. The van der Waals surface area contributed by atoms with Crippen LogP contribution >= 0.6 is 0 Å². The van der Waals surface area contributed by atoms with Crippen molar-refractivity contribution in [1.29, 1.82) is 0 Å². The summed E-state index contributed by atoms with van der Waals surface area (Å²) in [5.74, 6) is -0.483. The summed E-state index contributed by atoms with van der Waals surface area (Å²) in [6.07, 6.45) is 1.61. The maximum atomic E-state index is 12.9. The van der Waals surface area contributed by atoms with Crippen LogP contribution < -0.4 is 11.1 Å². The van der Waals surface area contributed by atoms with Gasteiger partial charge in [0, 0.05) is 12.0 Å². The van der Waals surface area contributed by atoms with Crippen LogP contribution in [0.4, 0.5) is 0 Å². The van der Waals surface area contributed by atoms with Gasteiger partial charge in [-0.25, -0.2) is 0 Å². The minimum atomic E-state index is -0.474. The van der Waals surface area contributed by atoms with Crippen LogP contribution in [-0.2, 0) is 9.59 Å². The highest BCUT2D eigenvalue weighted by Crippen LogP contribution is 2.25. The number of piperidine rings is 1. The summed E-state index contributed by atoms with van der Waals surface area (Å²) in [5.41, 5.74) is 6.37. The zero-order valence-corrected chi connectivity index (χ0v) is 13.3. The summed E-state index contributed by atoms with van der Waals surface area (Å²) in [7, 11) is 0. The fourth-order valence-electron chi connectivity index (χ4n) is 3.08. The van der Waals surface area contributed by atoms with E-state index in [0.717, 1.165) is 24.9 Å². The molecule has 0 bridgehead atoms. The summed E-state index contributed by atoms with van der Waals surface area (Å²) in [6, 6.07) is 9.91. The zero-order chi connectivity index (χ0) is 16.1. The second-order valence-corrected chi connectivity index (χ2v) is 6.10. The monoisotopic (exact) mass is 303 g/mol. The Hall–Kier alpha value is -1.88. The van der Waals surface area contributed by atoms with Gasteiger partial charge in [-0.15, -0.1) is 0 Å². The number of nitrogens with one attached hydrogen (secondary N) is 1. The van der Waals surface area contributed by atoms with Gasteiger partial charge < -0.3 is 16.0 Å². The number of nitrogens with zero attached hydrogens (tertiary/aromatic N) is 1. The molecule has 1 aromatic carbocycles. The highest BCUT2D eigenvalue weighted by atomic mass is 16.2. The molecule has 1 aliphatic rings. The van der Waals surface area contributed by atoms with Gasteiger partial charge >= 0.3 is 0 Å². The average Bonchev–Trinajstić information content (AvgIpc) is 2.52. The van der Waals surface area contributed by atoms with Gasteiger partial charge in [-0.05, 0) is 38.8 Å². The lowest BCUT2D eigenvalue weighted by molar-refractivity contribution is -0.142. The molecule has 120 valence electrons. The summed E-state index contributed by atoms with van der Waals surface area (Å²) in [6.45, 7) is 4.83. The molecule has 0 unspecified atom stereocenters. The Balaban J connectivity index is 2.18. The molecule has 0 aromatic heterocycles. The first kappa shape index (κ1) is 16.5. The van der Waals surface area contributed by atoms with E-state index in [2.05, 4.69) is 12.2 Å². The Morgan fingerprint density at radius 2 is 2.05 bits per heavy atom. The molecule has 0 aliphatic carbocycles. The van der Waals surface area contributed by atoms with E-state index in [4.69, 9.17) is 5.73 Å². The van der Waals surface area contributed by atoms with Crippen molar-refractivity contribution >= 4 is 11.8 Å². The Morgan fingerprint density at radius 3 is 2.64 bits per heavy atom.